The van der Waals surface area contributed by atoms with E-state index in [9.17, 15) is 19.1 Å². The van der Waals surface area contributed by atoms with Crippen molar-refractivity contribution in [3.05, 3.63) is 35.6 Å². The molecule has 3 N–H and O–H groups in total. The lowest BCUT2D eigenvalue weighted by Crippen LogP contribution is -2.44. The molecule has 0 bridgehead atoms. The van der Waals surface area contributed by atoms with E-state index >= 15 is 0 Å². The van der Waals surface area contributed by atoms with Crippen LogP contribution in [0.25, 0.3) is 0 Å². The van der Waals surface area contributed by atoms with Gasteiger partial charge in [0, 0.05) is 12.8 Å². The molecule has 7 heteroatoms. The maximum atomic E-state index is 13.1. The van der Waals surface area contributed by atoms with Crippen molar-refractivity contribution < 1.29 is 19.1 Å². The summed E-state index contributed by atoms with van der Waals surface area (Å²) in [6, 6.07) is 5.65. The summed E-state index contributed by atoms with van der Waals surface area (Å²) >= 11 is 0. The summed E-state index contributed by atoms with van der Waals surface area (Å²) in [4.78, 5) is 23.4. The molecule has 1 aliphatic carbocycles. The van der Waals surface area contributed by atoms with Gasteiger partial charge in [0.25, 0.3) is 5.91 Å². The third kappa shape index (κ3) is 3.56. The van der Waals surface area contributed by atoms with Gasteiger partial charge in [0.15, 0.2) is 0 Å². The van der Waals surface area contributed by atoms with Crippen LogP contribution >= 0.6 is 0 Å². The van der Waals surface area contributed by atoms with Crippen LogP contribution < -0.4 is 10.7 Å². The van der Waals surface area contributed by atoms with Crippen molar-refractivity contribution in [2.75, 3.05) is 0 Å². The van der Waals surface area contributed by atoms with E-state index in [1.165, 1.54) is 12.1 Å². The third-order valence-corrected chi connectivity index (χ3v) is 4.30. The van der Waals surface area contributed by atoms with E-state index in [4.69, 9.17) is 0 Å². The van der Waals surface area contributed by atoms with E-state index in [1.807, 2.05) is 0 Å². The molecule has 0 aromatic heterocycles. The lowest BCUT2D eigenvalue weighted by Gasteiger charge is -2.38. The summed E-state index contributed by atoms with van der Waals surface area (Å²) in [5.74, 6) is -0.801. The molecular weight excluding hydrogens is 301 g/mol. The standard InChI is InChI=1S/C16H18FN3O3/c17-11-3-1-9(2-4-11)15(10-7-12(21)8-10)18-16(23)13-5-6-14(22)20-19-13/h1-4,10,12,15,21H,5-8H2,(H,18,23)(H,20,22)/t10?,12?,15-/m1/s1. The average Bonchev–Trinajstić information content (AvgIpc) is 2.51. The van der Waals surface area contributed by atoms with Gasteiger partial charge < -0.3 is 10.4 Å². The van der Waals surface area contributed by atoms with Gasteiger partial charge in [-0.2, -0.15) is 5.10 Å². The second kappa shape index (κ2) is 6.45. The van der Waals surface area contributed by atoms with Crippen LogP contribution in [0.2, 0.25) is 0 Å². The Morgan fingerprint density at radius 1 is 1.30 bits per heavy atom. The Balaban J connectivity index is 1.74. The van der Waals surface area contributed by atoms with Gasteiger partial charge in [-0.05, 0) is 36.5 Å². The Hall–Kier alpha value is -2.28. The number of aliphatic hydroxyl groups excluding tert-OH is 1. The predicted molar refractivity (Wildman–Crippen MR) is 80.8 cm³/mol. The summed E-state index contributed by atoms with van der Waals surface area (Å²) in [5.41, 5.74) is 3.36. The number of hydrogen-bond donors (Lipinski definition) is 3. The van der Waals surface area contributed by atoms with Crippen molar-refractivity contribution in [2.45, 2.75) is 37.8 Å². The molecule has 0 saturated heterocycles. The van der Waals surface area contributed by atoms with Crippen molar-refractivity contribution in [2.24, 2.45) is 11.0 Å². The van der Waals surface area contributed by atoms with Crippen LogP contribution in [0.4, 0.5) is 4.39 Å². The second-order valence-electron chi connectivity index (χ2n) is 5.98. The van der Waals surface area contributed by atoms with Gasteiger partial charge in [0.1, 0.15) is 11.5 Å². The fourth-order valence-electron chi connectivity index (χ4n) is 2.91. The number of rotatable bonds is 4. The summed E-state index contributed by atoms with van der Waals surface area (Å²) < 4.78 is 13.1. The number of hydrogen-bond acceptors (Lipinski definition) is 4. The van der Waals surface area contributed by atoms with Crippen LogP contribution in [0.15, 0.2) is 29.4 Å². The number of nitrogens with one attached hydrogen (secondary N) is 2. The molecule has 1 aliphatic heterocycles. The molecule has 1 saturated carbocycles. The van der Waals surface area contributed by atoms with Crippen molar-refractivity contribution in [1.82, 2.24) is 10.7 Å². The molecule has 1 aromatic rings. The van der Waals surface area contributed by atoms with Crippen LogP contribution in [-0.4, -0.2) is 28.7 Å². The molecule has 1 fully saturated rings. The molecular formula is C16H18FN3O3. The Kier molecular flexibility index (Phi) is 4.38. The number of carbonyl (C=O) groups excluding carboxylic acids is 2. The molecule has 6 nitrogen and oxygen atoms in total. The van der Waals surface area contributed by atoms with Gasteiger partial charge in [0.05, 0.1) is 12.1 Å². The Morgan fingerprint density at radius 2 is 2.00 bits per heavy atom. The molecule has 0 unspecified atom stereocenters. The largest absolute Gasteiger partial charge is 0.393 e. The fraction of sp³-hybridized carbons (Fsp3) is 0.438. The highest BCUT2D eigenvalue weighted by molar-refractivity contribution is 6.39. The maximum absolute atomic E-state index is 13.1. The minimum atomic E-state index is -0.355. The number of aliphatic hydroxyl groups is 1. The van der Waals surface area contributed by atoms with E-state index in [-0.39, 0.29) is 47.8 Å². The zero-order chi connectivity index (χ0) is 16.4. The highest BCUT2D eigenvalue weighted by Crippen LogP contribution is 2.38. The molecule has 1 atom stereocenters. The van der Waals surface area contributed by atoms with Gasteiger partial charge in [-0.3, -0.25) is 9.59 Å². The monoisotopic (exact) mass is 319 g/mol. The van der Waals surface area contributed by atoms with Crippen LogP contribution in [-0.2, 0) is 9.59 Å². The van der Waals surface area contributed by atoms with Crippen molar-refractivity contribution in [3.63, 3.8) is 0 Å². The van der Waals surface area contributed by atoms with Gasteiger partial charge in [0.2, 0.25) is 5.91 Å². The number of nitrogens with zero attached hydrogens (tertiary/aromatic N) is 1. The normalized spacial score (nSPS) is 25.0. The topological polar surface area (TPSA) is 90.8 Å². The van der Waals surface area contributed by atoms with E-state index in [2.05, 4.69) is 15.8 Å². The number of carbonyl (C=O) groups is 2. The summed E-state index contributed by atoms with van der Waals surface area (Å²) in [7, 11) is 0. The van der Waals surface area contributed by atoms with Gasteiger partial charge in [-0.1, -0.05) is 12.1 Å². The minimum absolute atomic E-state index is 0.0955. The summed E-state index contributed by atoms with van der Waals surface area (Å²) in [5, 5.41) is 16.2. The lowest BCUT2D eigenvalue weighted by molar-refractivity contribution is -0.121. The third-order valence-electron chi connectivity index (χ3n) is 4.30. The molecule has 1 heterocycles. The Bertz CT molecular complexity index is 638. The molecule has 2 amide bonds. The summed E-state index contributed by atoms with van der Waals surface area (Å²) in [6.45, 7) is 0. The molecule has 3 rings (SSSR count). The quantitative estimate of drug-likeness (QED) is 0.774. The van der Waals surface area contributed by atoms with Crippen LogP contribution in [0.1, 0.15) is 37.3 Å². The maximum Gasteiger partial charge on any atom is 0.267 e. The highest BCUT2D eigenvalue weighted by atomic mass is 19.1. The van der Waals surface area contributed by atoms with Crippen LogP contribution in [0.3, 0.4) is 0 Å². The minimum Gasteiger partial charge on any atom is -0.393 e. The van der Waals surface area contributed by atoms with Crippen molar-refractivity contribution >= 4 is 17.5 Å². The molecule has 0 spiro atoms. The molecule has 0 radical (unpaired) electrons. The van der Waals surface area contributed by atoms with Crippen LogP contribution in [0, 0.1) is 11.7 Å². The number of amides is 2. The van der Waals surface area contributed by atoms with Gasteiger partial charge >= 0.3 is 0 Å². The Morgan fingerprint density at radius 3 is 2.57 bits per heavy atom. The fourth-order valence-corrected chi connectivity index (χ4v) is 2.91. The van der Waals surface area contributed by atoms with Crippen LogP contribution in [0.5, 0.6) is 0 Å². The van der Waals surface area contributed by atoms with Crippen molar-refractivity contribution in [3.8, 4) is 0 Å². The number of halogens is 1. The lowest BCUT2D eigenvalue weighted by atomic mass is 9.75. The molecule has 2 aliphatic rings. The van der Waals surface area contributed by atoms with Gasteiger partial charge in [-0.15, -0.1) is 0 Å². The molecule has 23 heavy (non-hydrogen) atoms. The first-order chi connectivity index (χ1) is 11.0. The highest BCUT2D eigenvalue weighted by Gasteiger charge is 2.36. The first-order valence-electron chi connectivity index (χ1n) is 7.62. The number of hydrazone groups is 1. The zero-order valence-electron chi connectivity index (χ0n) is 12.5. The number of benzene rings is 1. The Labute approximate surface area is 132 Å². The zero-order valence-corrected chi connectivity index (χ0v) is 12.5. The smallest absolute Gasteiger partial charge is 0.267 e. The van der Waals surface area contributed by atoms with E-state index in [0.717, 1.165) is 5.56 Å². The second-order valence-corrected chi connectivity index (χ2v) is 5.98. The van der Waals surface area contributed by atoms with E-state index in [0.29, 0.717) is 19.3 Å². The first-order valence-corrected chi connectivity index (χ1v) is 7.62. The van der Waals surface area contributed by atoms with Crippen molar-refractivity contribution in [1.29, 1.82) is 0 Å². The predicted octanol–water partition coefficient (Wildman–Crippen LogP) is 1.02. The summed E-state index contributed by atoms with van der Waals surface area (Å²) in [6.07, 6.45) is 1.35. The van der Waals surface area contributed by atoms with E-state index in [1.54, 1.807) is 12.1 Å². The molecule has 1 aromatic carbocycles. The first kappa shape index (κ1) is 15.6. The van der Waals surface area contributed by atoms with Gasteiger partial charge in [-0.25, -0.2) is 9.82 Å². The average molecular weight is 319 g/mol. The SMILES string of the molecule is O=C1CCC(C(=O)N[C@H](c2ccc(F)cc2)C2CC(O)C2)=NN1. The molecule has 122 valence electrons. The van der Waals surface area contributed by atoms with E-state index < -0.39 is 0 Å².